The van der Waals surface area contributed by atoms with Gasteiger partial charge in [-0.1, -0.05) is 32.3 Å². The SMILES string of the molecule is COCCOCCO[C@H](C)COc1cc([Si](C)(C)Cl)cc([Si](C)(C)Cl)c1. The van der Waals surface area contributed by atoms with E-state index in [1.807, 2.05) is 19.1 Å². The Morgan fingerprint density at radius 3 is 1.92 bits per heavy atom. The Hall–Kier alpha value is -0.0862. The maximum Gasteiger partial charge on any atom is 0.180 e. The zero-order valence-electron chi connectivity index (χ0n) is 16.7. The normalized spacial score (nSPS) is 13.7. The van der Waals surface area contributed by atoms with Crippen molar-refractivity contribution < 1.29 is 18.9 Å². The van der Waals surface area contributed by atoms with Gasteiger partial charge in [0, 0.05) is 7.11 Å². The summed E-state index contributed by atoms with van der Waals surface area (Å²) in [6.07, 6.45) is -0.0318. The molecule has 1 rings (SSSR count). The summed E-state index contributed by atoms with van der Waals surface area (Å²) in [7, 11) is -2.29. The fourth-order valence-electron chi connectivity index (χ4n) is 2.18. The third-order valence-electron chi connectivity index (χ3n) is 3.83. The summed E-state index contributed by atoms with van der Waals surface area (Å²) in [6, 6.07) is 6.24. The van der Waals surface area contributed by atoms with E-state index in [9.17, 15) is 0 Å². The highest BCUT2D eigenvalue weighted by Gasteiger charge is 2.27. The van der Waals surface area contributed by atoms with Gasteiger partial charge in [-0.15, -0.1) is 0 Å². The Labute approximate surface area is 169 Å². The maximum atomic E-state index is 6.64. The van der Waals surface area contributed by atoms with E-state index < -0.39 is 14.8 Å². The van der Waals surface area contributed by atoms with Crippen LogP contribution in [-0.2, 0) is 14.2 Å². The molecule has 0 fully saturated rings. The van der Waals surface area contributed by atoms with Crippen LogP contribution in [0.15, 0.2) is 18.2 Å². The summed E-state index contributed by atoms with van der Waals surface area (Å²) in [5.41, 5.74) is 0. The number of methoxy groups -OCH3 is 1. The Morgan fingerprint density at radius 2 is 1.42 bits per heavy atom. The minimum absolute atomic E-state index is 0.0318. The molecule has 0 unspecified atom stereocenters. The molecule has 0 heterocycles. The fourth-order valence-corrected chi connectivity index (χ4v) is 4.95. The number of rotatable bonds is 12. The van der Waals surface area contributed by atoms with Gasteiger partial charge in [0.15, 0.2) is 14.8 Å². The molecule has 0 saturated heterocycles. The van der Waals surface area contributed by atoms with E-state index in [4.69, 9.17) is 41.1 Å². The lowest BCUT2D eigenvalue weighted by atomic mass is 10.3. The molecule has 0 N–H and O–H groups in total. The predicted molar refractivity (Wildman–Crippen MR) is 116 cm³/mol. The van der Waals surface area contributed by atoms with Crippen LogP contribution in [0.2, 0.25) is 26.2 Å². The average Bonchev–Trinajstić information content (AvgIpc) is 2.54. The molecule has 1 aromatic carbocycles. The molecule has 0 amide bonds. The van der Waals surface area contributed by atoms with Crippen molar-refractivity contribution in [3.05, 3.63) is 18.2 Å². The first-order chi connectivity index (χ1) is 12.0. The highest BCUT2D eigenvalue weighted by molar-refractivity contribution is 7.27. The quantitative estimate of drug-likeness (QED) is 0.284. The van der Waals surface area contributed by atoms with Gasteiger partial charge in [-0.3, -0.25) is 0 Å². The Morgan fingerprint density at radius 1 is 0.885 bits per heavy atom. The van der Waals surface area contributed by atoms with E-state index >= 15 is 0 Å². The van der Waals surface area contributed by atoms with E-state index in [1.54, 1.807) is 7.11 Å². The molecule has 0 spiro atoms. The molecular formula is C18H32Cl2O4Si2. The number of ether oxygens (including phenoxy) is 4. The van der Waals surface area contributed by atoms with Crippen molar-refractivity contribution in [2.45, 2.75) is 39.2 Å². The van der Waals surface area contributed by atoms with Crippen molar-refractivity contribution in [1.82, 2.24) is 0 Å². The first-order valence-electron chi connectivity index (χ1n) is 8.89. The van der Waals surface area contributed by atoms with Crippen molar-refractivity contribution >= 4 is 47.3 Å². The van der Waals surface area contributed by atoms with Crippen molar-refractivity contribution in [2.75, 3.05) is 40.1 Å². The first kappa shape index (κ1) is 24.0. The standard InChI is InChI=1S/C18H32Cl2O4Si2/c1-15(23-10-9-22-8-7-21-2)14-24-16-11-17(25(3,4)19)13-18(12-16)26(5,6)20/h11-13,15H,7-10,14H2,1-6H3/t15-/m1/s1. The average molecular weight is 440 g/mol. The number of hydrogen-bond donors (Lipinski definition) is 0. The second kappa shape index (κ2) is 11.0. The summed E-state index contributed by atoms with van der Waals surface area (Å²) in [5.74, 6) is 0.812. The minimum Gasteiger partial charge on any atom is -0.491 e. The Balaban J connectivity index is 2.60. The van der Waals surface area contributed by atoms with Gasteiger partial charge in [0.05, 0.1) is 32.5 Å². The van der Waals surface area contributed by atoms with Crippen molar-refractivity contribution in [2.24, 2.45) is 0 Å². The lowest BCUT2D eigenvalue weighted by molar-refractivity contribution is -0.0144. The minimum atomic E-state index is -1.97. The van der Waals surface area contributed by atoms with Crippen LogP contribution in [-0.4, -0.2) is 61.0 Å². The first-order valence-corrected chi connectivity index (χ1v) is 16.9. The van der Waals surface area contributed by atoms with Crippen LogP contribution in [0, 0.1) is 0 Å². The van der Waals surface area contributed by atoms with Gasteiger partial charge in [0.2, 0.25) is 0 Å². The molecule has 1 aromatic rings. The molecule has 0 saturated carbocycles. The number of hydrogen-bond acceptors (Lipinski definition) is 4. The molecule has 0 bridgehead atoms. The largest absolute Gasteiger partial charge is 0.491 e. The molecule has 26 heavy (non-hydrogen) atoms. The van der Waals surface area contributed by atoms with Crippen LogP contribution in [0.3, 0.4) is 0 Å². The summed E-state index contributed by atoms with van der Waals surface area (Å²) in [5, 5.41) is 2.29. The van der Waals surface area contributed by atoms with Gasteiger partial charge in [0.25, 0.3) is 0 Å². The van der Waals surface area contributed by atoms with E-state index in [1.165, 1.54) is 0 Å². The van der Waals surface area contributed by atoms with Crippen LogP contribution >= 0.6 is 22.2 Å². The van der Waals surface area contributed by atoms with Crippen molar-refractivity contribution in [3.63, 3.8) is 0 Å². The second-order valence-corrected chi connectivity index (χ2v) is 20.0. The lowest BCUT2D eigenvalue weighted by Crippen LogP contribution is -2.43. The Kier molecular flexibility index (Phi) is 10.2. The molecule has 4 nitrogen and oxygen atoms in total. The third kappa shape index (κ3) is 9.21. The topological polar surface area (TPSA) is 36.9 Å². The van der Waals surface area contributed by atoms with Crippen LogP contribution < -0.4 is 15.1 Å². The van der Waals surface area contributed by atoms with Crippen LogP contribution in [0.5, 0.6) is 5.75 Å². The van der Waals surface area contributed by atoms with Crippen molar-refractivity contribution in [1.29, 1.82) is 0 Å². The molecule has 150 valence electrons. The molecule has 0 radical (unpaired) electrons. The van der Waals surface area contributed by atoms with E-state index in [2.05, 4.69) is 32.3 Å². The second-order valence-electron chi connectivity index (χ2n) is 7.29. The molecule has 8 heteroatoms. The van der Waals surface area contributed by atoms with Gasteiger partial charge < -0.3 is 18.9 Å². The third-order valence-corrected chi connectivity index (χ3v) is 8.46. The molecule has 0 aromatic heterocycles. The zero-order chi connectivity index (χ0) is 19.8. The van der Waals surface area contributed by atoms with Gasteiger partial charge >= 0.3 is 0 Å². The van der Waals surface area contributed by atoms with Crippen molar-refractivity contribution in [3.8, 4) is 5.75 Å². The highest BCUT2D eigenvalue weighted by Crippen LogP contribution is 2.17. The maximum absolute atomic E-state index is 6.64. The van der Waals surface area contributed by atoms with Gasteiger partial charge in [-0.25, -0.2) is 0 Å². The number of halogens is 2. The highest BCUT2D eigenvalue weighted by atomic mass is 35.6. The predicted octanol–water partition coefficient (Wildman–Crippen LogP) is 3.44. The van der Waals surface area contributed by atoms with Gasteiger partial charge in [-0.05, 0) is 29.4 Å². The molecule has 0 aliphatic heterocycles. The van der Waals surface area contributed by atoms with E-state index in [0.29, 0.717) is 33.0 Å². The van der Waals surface area contributed by atoms with Crippen LogP contribution in [0.1, 0.15) is 6.92 Å². The lowest BCUT2D eigenvalue weighted by Gasteiger charge is -2.22. The van der Waals surface area contributed by atoms with E-state index in [0.717, 1.165) is 16.1 Å². The fraction of sp³-hybridized carbons (Fsp3) is 0.667. The van der Waals surface area contributed by atoms with Crippen LogP contribution in [0.4, 0.5) is 0 Å². The van der Waals surface area contributed by atoms with E-state index in [-0.39, 0.29) is 6.10 Å². The molecular weight excluding hydrogens is 407 g/mol. The number of benzene rings is 1. The van der Waals surface area contributed by atoms with Gasteiger partial charge in [-0.2, -0.15) is 22.2 Å². The van der Waals surface area contributed by atoms with Crippen LogP contribution in [0.25, 0.3) is 0 Å². The molecule has 0 aliphatic rings. The smallest absolute Gasteiger partial charge is 0.180 e. The molecule has 1 atom stereocenters. The summed E-state index contributed by atoms with van der Waals surface area (Å²) >= 11 is 13.3. The Bertz CT molecular complexity index is 513. The zero-order valence-corrected chi connectivity index (χ0v) is 20.2. The molecule has 0 aliphatic carbocycles. The summed E-state index contributed by atoms with van der Waals surface area (Å²) in [6.45, 7) is 13.1. The monoisotopic (exact) mass is 438 g/mol. The summed E-state index contributed by atoms with van der Waals surface area (Å²) < 4.78 is 22.0. The summed E-state index contributed by atoms with van der Waals surface area (Å²) in [4.78, 5) is 0. The van der Waals surface area contributed by atoms with Gasteiger partial charge in [0.1, 0.15) is 12.4 Å².